The van der Waals surface area contributed by atoms with Crippen molar-refractivity contribution in [2.45, 2.75) is 13.0 Å². The van der Waals surface area contributed by atoms with Crippen molar-refractivity contribution in [2.75, 3.05) is 5.32 Å². The standard InChI is InChI=1S/C15H13FN4S/c16-13-5-3-11(4-6-13)8-14-19-15(21-20-14)18-10-12-2-1-7-17-9-12/h1-7,9H,8,10H2,(H,18,19,20). The summed E-state index contributed by atoms with van der Waals surface area (Å²) in [7, 11) is 0. The molecule has 0 aliphatic rings. The zero-order valence-electron chi connectivity index (χ0n) is 11.2. The fraction of sp³-hybridized carbons (Fsp3) is 0.133. The van der Waals surface area contributed by atoms with Crippen LogP contribution in [-0.2, 0) is 13.0 Å². The summed E-state index contributed by atoms with van der Waals surface area (Å²) in [5, 5.41) is 4.00. The highest BCUT2D eigenvalue weighted by atomic mass is 32.1. The van der Waals surface area contributed by atoms with Gasteiger partial charge >= 0.3 is 0 Å². The average Bonchev–Trinajstić information content (AvgIpc) is 2.96. The highest BCUT2D eigenvalue weighted by Gasteiger charge is 2.05. The maximum absolute atomic E-state index is 12.8. The van der Waals surface area contributed by atoms with E-state index in [1.165, 1.54) is 23.7 Å². The van der Waals surface area contributed by atoms with Crippen molar-refractivity contribution in [2.24, 2.45) is 0 Å². The number of anilines is 1. The molecule has 3 aromatic rings. The summed E-state index contributed by atoms with van der Waals surface area (Å²) >= 11 is 1.32. The van der Waals surface area contributed by atoms with Crippen molar-refractivity contribution in [3.63, 3.8) is 0 Å². The molecule has 0 aliphatic heterocycles. The Morgan fingerprint density at radius 2 is 1.95 bits per heavy atom. The van der Waals surface area contributed by atoms with E-state index in [0.717, 1.165) is 22.1 Å². The lowest BCUT2D eigenvalue weighted by Crippen LogP contribution is -1.99. The van der Waals surface area contributed by atoms with Crippen molar-refractivity contribution < 1.29 is 4.39 Å². The summed E-state index contributed by atoms with van der Waals surface area (Å²) < 4.78 is 17.2. The molecule has 1 aromatic carbocycles. The van der Waals surface area contributed by atoms with Gasteiger partial charge in [-0.05, 0) is 29.3 Å². The number of benzene rings is 1. The first-order valence-electron chi connectivity index (χ1n) is 6.49. The highest BCUT2D eigenvalue weighted by molar-refractivity contribution is 7.09. The normalized spacial score (nSPS) is 10.5. The fourth-order valence-electron chi connectivity index (χ4n) is 1.86. The van der Waals surface area contributed by atoms with Crippen LogP contribution in [0.1, 0.15) is 17.0 Å². The van der Waals surface area contributed by atoms with E-state index in [9.17, 15) is 4.39 Å². The molecule has 0 radical (unpaired) electrons. The van der Waals surface area contributed by atoms with Crippen LogP contribution in [0.25, 0.3) is 0 Å². The second-order valence-corrected chi connectivity index (χ2v) is 5.29. The number of nitrogens with one attached hydrogen (secondary N) is 1. The Morgan fingerprint density at radius 1 is 1.10 bits per heavy atom. The van der Waals surface area contributed by atoms with Crippen LogP contribution in [0.2, 0.25) is 0 Å². The third-order valence-electron chi connectivity index (χ3n) is 2.91. The van der Waals surface area contributed by atoms with Gasteiger partial charge in [0, 0.05) is 36.9 Å². The van der Waals surface area contributed by atoms with Gasteiger partial charge in [-0.1, -0.05) is 18.2 Å². The van der Waals surface area contributed by atoms with Gasteiger partial charge in [-0.2, -0.15) is 4.37 Å². The van der Waals surface area contributed by atoms with E-state index in [2.05, 4.69) is 19.7 Å². The lowest BCUT2D eigenvalue weighted by atomic mass is 10.1. The number of hydrogen-bond donors (Lipinski definition) is 1. The van der Waals surface area contributed by atoms with Gasteiger partial charge < -0.3 is 5.32 Å². The molecule has 4 nitrogen and oxygen atoms in total. The minimum atomic E-state index is -0.233. The minimum absolute atomic E-state index is 0.233. The van der Waals surface area contributed by atoms with Crippen LogP contribution in [0, 0.1) is 5.82 Å². The lowest BCUT2D eigenvalue weighted by Gasteiger charge is -2.00. The molecule has 2 aromatic heterocycles. The Kier molecular flexibility index (Phi) is 4.16. The van der Waals surface area contributed by atoms with Gasteiger partial charge in [-0.15, -0.1) is 0 Å². The molecular weight excluding hydrogens is 287 g/mol. The molecule has 0 atom stereocenters. The summed E-state index contributed by atoms with van der Waals surface area (Å²) in [4.78, 5) is 8.49. The first-order valence-corrected chi connectivity index (χ1v) is 7.27. The van der Waals surface area contributed by atoms with E-state index in [1.54, 1.807) is 18.3 Å². The summed E-state index contributed by atoms with van der Waals surface area (Å²) in [5.74, 6) is 0.504. The Hall–Kier alpha value is -2.34. The predicted molar refractivity (Wildman–Crippen MR) is 80.7 cm³/mol. The van der Waals surface area contributed by atoms with E-state index in [4.69, 9.17) is 0 Å². The van der Waals surface area contributed by atoms with Crippen LogP contribution >= 0.6 is 11.5 Å². The topological polar surface area (TPSA) is 50.7 Å². The molecule has 21 heavy (non-hydrogen) atoms. The second kappa shape index (κ2) is 6.41. The largest absolute Gasteiger partial charge is 0.356 e. The van der Waals surface area contributed by atoms with Crippen LogP contribution in [0.4, 0.5) is 9.52 Å². The van der Waals surface area contributed by atoms with Crippen LogP contribution in [0.15, 0.2) is 48.8 Å². The molecule has 6 heteroatoms. The maximum Gasteiger partial charge on any atom is 0.202 e. The summed E-state index contributed by atoms with van der Waals surface area (Å²) in [5.41, 5.74) is 2.08. The number of rotatable bonds is 5. The van der Waals surface area contributed by atoms with Crippen molar-refractivity contribution in [1.82, 2.24) is 14.3 Å². The van der Waals surface area contributed by atoms with E-state index >= 15 is 0 Å². The van der Waals surface area contributed by atoms with Crippen molar-refractivity contribution >= 4 is 16.7 Å². The molecular formula is C15H13FN4S. The third-order valence-corrected chi connectivity index (χ3v) is 3.62. The van der Waals surface area contributed by atoms with Crippen LogP contribution in [-0.4, -0.2) is 14.3 Å². The molecule has 106 valence electrons. The van der Waals surface area contributed by atoms with Gasteiger partial charge in [0.15, 0.2) is 0 Å². The molecule has 0 aliphatic carbocycles. The molecule has 2 heterocycles. The molecule has 0 saturated carbocycles. The first kappa shape index (κ1) is 13.6. The van der Waals surface area contributed by atoms with Crippen molar-refractivity contribution in [3.05, 3.63) is 71.6 Å². The van der Waals surface area contributed by atoms with Gasteiger partial charge in [-0.25, -0.2) is 9.37 Å². The molecule has 0 fully saturated rings. The molecule has 0 saturated heterocycles. The Bertz CT molecular complexity index is 697. The fourth-order valence-corrected chi connectivity index (χ4v) is 2.44. The van der Waals surface area contributed by atoms with Gasteiger partial charge in [0.25, 0.3) is 0 Å². The van der Waals surface area contributed by atoms with Gasteiger partial charge in [0.05, 0.1) is 0 Å². The number of nitrogens with zero attached hydrogens (tertiary/aromatic N) is 3. The molecule has 0 spiro atoms. The SMILES string of the molecule is Fc1ccc(Cc2nsc(NCc3cccnc3)n2)cc1. The lowest BCUT2D eigenvalue weighted by molar-refractivity contribution is 0.627. The van der Waals surface area contributed by atoms with Gasteiger partial charge in [-0.3, -0.25) is 4.98 Å². The van der Waals surface area contributed by atoms with Crippen LogP contribution in [0.5, 0.6) is 0 Å². The minimum Gasteiger partial charge on any atom is -0.356 e. The van der Waals surface area contributed by atoms with E-state index in [0.29, 0.717) is 13.0 Å². The highest BCUT2D eigenvalue weighted by Crippen LogP contribution is 2.15. The van der Waals surface area contributed by atoms with Crippen molar-refractivity contribution in [3.8, 4) is 0 Å². The maximum atomic E-state index is 12.8. The number of pyridine rings is 1. The predicted octanol–water partition coefficient (Wildman–Crippen LogP) is 3.28. The summed E-state index contributed by atoms with van der Waals surface area (Å²) in [6, 6.07) is 10.3. The zero-order chi connectivity index (χ0) is 14.5. The van der Waals surface area contributed by atoms with Crippen LogP contribution in [0.3, 0.4) is 0 Å². The summed E-state index contributed by atoms with van der Waals surface area (Å²) in [6.07, 6.45) is 4.16. The number of aromatic nitrogens is 3. The smallest absolute Gasteiger partial charge is 0.202 e. The van der Waals surface area contributed by atoms with Gasteiger partial charge in [0.1, 0.15) is 11.6 Å². The van der Waals surface area contributed by atoms with E-state index in [1.807, 2.05) is 18.3 Å². The average molecular weight is 300 g/mol. The van der Waals surface area contributed by atoms with Crippen molar-refractivity contribution in [1.29, 1.82) is 0 Å². The van der Waals surface area contributed by atoms with Gasteiger partial charge in [0.2, 0.25) is 5.13 Å². The molecule has 0 amide bonds. The number of halogens is 1. The second-order valence-electron chi connectivity index (χ2n) is 4.53. The zero-order valence-corrected chi connectivity index (χ0v) is 12.0. The Morgan fingerprint density at radius 3 is 2.71 bits per heavy atom. The van der Waals surface area contributed by atoms with Crippen LogP contribution < -0.4 is 5.32 Å². The first-order chi connectivity index (χ1) is 10.3. The third kappa shape index (κ3) is 3.82. The number of hydrogen-bond acceptors (Lipinski definition) is 5. The molecule has 0 unspecified atom stereocenters. The quantitative estimate of drug-likeness (QED) is 0.785. The monoisotopic (exact) mass is 300 g/mol. The molecule has 1 N–H and O–H groups in total. The Labute approximate surface area is 125 Å². The summed E-state index contributed by atoms with van der Waals surface area (Å²) in [6.45, 7) is 0.666. The molecule has 3 rings (SSSR count). The Balaban J connectivity index is 1.59. The molecule has 0 bridgehead atoms. The van der Waals surface area contributed by atoms with E-state index < -0.39 is 0 Å². The van der Waals surface area contributed by atoms with E-state index in [-0.39, 0.29) is 5.82 Å².